The molecule has 0 radical (unpaired) electrons. The van der Waals surface area contributed by atoms with Crippen LogP contribution in [0.5, 0.6) is 5.75 Å². The number of nitrogens with zero attached hydrogens (tertiary/aromatic N) is 1. The van der Waals surface area contributed by atoms with Crippen molar-refractivity contribution in [2.75, 3.05) is 12.4 Å². The Balaban J connectivity index is 2.58. The molecule has 2 rings (SSSR count). The van der Waals surface area contributed by atoms with E-state index in [1.54, 1.807) is 64.0 Å². The zero-order valence-electron chi connectivity index (χ0n) is 24.4. The van der Waals surface area contributed by atoms with Gasteiger partial charge in [-0.25, -0.2) is 4.79 Å². The number of carbonyl (C=O) groups is 3. The normalized spacial score (nSPS) is 13.2. The number of amides is 3. The fraction of sp³-hybridized carbons (Fsp3) is 0.500. The minimum absolute atomic E-state index is 0.358. The van der Waals surface area contributed by atoms with Crippen LogP contribution in [0.25, 0.3) is 0 Å². The summed E-state index contributed by atoms with van der Waals surface area (Å²) in [5.74, 6) is -0.0817. The average Bonchev–Trinajstić information content (AvgIpc) is 2.83. The molecule has 0 aliphatic carbocycles. The standard InChI is InChI=1S/C30H43N3O5/c1-11-30(8,9)33(27(35)21(4)31-28(36)38-29(5,6)7)25(24-14-12-13-19(2)20(24)3)26(34)32-22-15-17-23(37-10)18-16-22/h12-18,21,25H,11H2,1-10H3,(H,31,36)(H,32,34). The largest absolute Gasteiger partial charge is 0.497 e. The van der Waals surface area contributed by atoms with E-state index < -0.39 is 35.2 Å². The van der Waals surface area contributed by atoms with Gasteiger partial charge in [0, 0.05) is 11.2 Å². The van der Waals surface area contributed by atoms with Gasteiger partial charge < -0.3 is 25.0 Å². The summed E-state index contributed by atoms with van der Waals surface area (Å²) in [6, 6.07) is 10.9. The van der Waals surface area contributed by atoms with E-state index in [1.807, 2.05) is 52.8 Å². The van der Waals surface area contributed by atoms with E-state index in [9.17, 15) is 14.4 Å². The van der Waals surface area contributed by atoms with Gasteiger partial charge in [-0.2, -0.15) is 0 Å². The summed E-state index contributed by atoms with van der Waals surface area (Å²) >= 11 is 0. The molecule has 208 valence electrons. The molecule has 8 heteroatoms. The Hall–Kier alpha value is -3.55. The van der Waals surface area contributed by atoms with Gasteiger partial charge in [0.05, 0.1) is 7.11 Å². The van der Waals surface area contributed by atoms with Gasteiger partial charge >= 0.3 is 6.09 Å². The van der Waals surface area contributed by atoms with Crippen LogP contribution in [0, 0.1) is 13.8 Å². The smallest absolute Gasteiger partial charge is 0.408 e. The molecule has 0 heterocycles. The maximum absolute atomic E-state index is 14.1. The number of ether oxygens (including phenoxy) is 2. The molecule has 0 bridgehead atoms. The Morgan fingerprint density at radius 3 is 2.11 bits per heavy atom. The second kappa shape index (κ2) is 12.3. The molecule has 0 spiro atoms. The fourth-order valence-corrected chi connectivity index (χ4v) is 4.05. The van der Waals surface area contributed by atoms with Crippen molar-refractivity contribution >= 4 is 23.6 Å². The topological polar surface area (TPSA) is 97.0 Å². The minimum atomic E-state index is -0.956. The van der Waals surface area contributed by atoms with Crippen molar-refractivity contribution in [2.24, 2.45) is 0 Å². The predicted molar refractivity (Wildman–Crippen MR) is 150 cm³/mol. The van der Waals surface area contributed by atoms with Gasteiger partial charge in [0.15, 0.2) is 0 Å². The van der Waals surface area contributed by atoms with E-state index in [1.165, 1.54) is 0 Å². The van der Waals surface area contributed by atoms with Crippen molar-refractivity contribution in [3.05, 3.63) is 59.2 Å². The summed E-state index contributed by atoms with van der Waals surface area (Å²) in [5, 5.41) is 5.63. The van der Waals surface area contributed by atoms with E-state index in [0.29, 0.717) is 17.9 Å². The number of methoxy groups -OCH3 is 1. The number of anilines is 1. The lowest BCUT2D eigenvalue weighted by Gasteiger charge is -2.44. The van der Waals surface area contributed by atoms with Gasteiger partial charge in [0.25, 0.3) is 5.91 Å². The number of hydrogen-bond acceptors (Lipinski definition) is 5. The van der Waals surface area contributed by atoms with Crippen LogP contribution in [-0.2, 0) is 14.3 Å². The third-order valence-electron chi connectivity index (χ3n) is 6.66. The maximum atomic E-state index is 14.1. The van der Waals surface area contributed by atoms with Gasteiger partial charge in [-0.05, 0) is 103 Å². The second-order valence-electron chi connectivity index (χ2n) is 11.2. The van der Waals surface area contributed by atoms with Crippen LogP contribution in [0.4, 0.5) is 10.5 Å². The van der Waals surface area contributed by atoms with E-state index in [0.717, 1.165) is 16.7 Å². The second-order valence-corrected chi connectivity index (χ2v) is 11.2. The highest BCUT2D eigenvalue weighted by Crippen LogP contribution is 2.35. The van der Waals surface area contributed by atoms with Crippen molar-refractivity contribution in [1.82, 2.24) is 10.2 Å². The third-order valence-corrected chi connectivity index (χ3v) is 6.66. The highest BCUT2D eigenvalue weighted by atomic mass is 16.6. The Morgan fingerprint density at radius 2 is 1.58 bits per heavy atom. The average molecular weight is 526 g/mol. The van der Waals surface area contributed by atoms with Gasteiger partial charge in [0.1, 0.15) is 23.4 Å². The summed E-state index contributed by atoms with van der Waals surface area (Å²) in [5.41, 5.74) is 1.78. The number of hydrogen-bond donors (Lipinski definition) is 2. The number of nitrogens with one attached hydrogen (secondary N) is 2. The zero-order chi connectivity index (χ0) is 28.8. The first-order valence-corrected chi connectivity index (χ1v) is 12.9. The number of benzene rings is 2. The molecule has 3 amide bonds. The molecule has 0 aliphatic heterocycles. The van der Waals surface area contributed by atoms with E-state index in [2.05, 4.69) is 10.6 Å². The quantitative estimate of drug-likeness (QED) is 0.423. The highest BCUT2D eigenvalue weighted by molar-refractivity contribution is 5.99. The van der Waals surface area contributed by atoms with Gasteiger partial charge in [-0.15, -0.1) is 0 Å². The molecule has 2 atom stereocenters. The molecule has 2 N–H and O–H groups in total. The summed E-state index contributed by atoms with van der Waals surface area (Å²) in [6.07, 6.45) is -0.117. The summed E-state index contributed by atoms with van der Waals surface area (Å²) in [4.78, 5) is 42.2. The highest BCUT2D eigenvalue weighted by Gasteiger charge is 2.42. The first-order valence-electron chi connectivity index (χ1n) is 12.9. The molecule has 0 fully saturated rings. The molecule has 0 saturated carbocycles. The van der Waals surface area contributed by atoms with Crippen LogP contribution < -0.4 is 15.4 Å². The van der Waals surface area contributed by atoms with E-state index in [4.69, 9.17) is 9.47 Å². The molecule has 0 aromatic heterocycles. The number of rotatable bonds is 9. The lowest BCUT2D eigenvalue weighted by Crippen LogP contribution is -2.58. The fourth-order valence-electron chi connectivity index (χ4n) is 4.05. The van der Waals surface area contributed by atoms with Crippen LogP contribution in [0.3, 0.4) is 0 Å². The Bertz CT molecular complexity index is 1140. The predicted octanol–water partition coefficient (Wildman–Crippen LogP) is 5.92. The molecule has 0 saturated heterocycles. The van der Waals surface area contributed by atoms with Gasteiger partial charge in [0.2, 0.25) is 5.91 Å². The third kappa shape index (κ3) is 7.73. The zero-order valence-corrected chi connectivity index (χ0v) is 24.4. The SMILES string of the molecule is CCC(C)(C)N(C(=O)C(C)NC(=O)OC(C)(C)C)C(C(=O)Nc1ccc(OC)cc1)c1cccc(C)c1C. The molecular weight excluding hydrogens is 482 g/mol. The number of alkyl carbamates (subject to hydrolysis) is 1. The van der Waals surface area contributed by atoms with Crippen molar-refractivity contribution in [2.45, 2.75) is 92.0 Å². The van der Waals surface area contributed by atoms with E-state index >= 15 is 0 Å². The van der Waals surface area contributed by atoms with Crippen molar-refractivity contribution < 1.29 is 23.9 Å². The van der Waals surface area contributed by atoms with Crippen molar-refractivity contribution in [3.63, 3.8) is 0 Å². The minimum Gasteiger partial charge on any atom is -0.497 e. The number of aryl methyl sites for hydroxylation is 1. The monoisotopic (exact) mass is 525 g/mol. The molecule has 2 aromatic carbocycles. The number of carbonyl (C=O) groups excluding carboxylic acids is 3. The van der Waals surface area contributed by atoms with Crippen LogP contribution in [0.1, 0.15) is 77.6 Å². The van der Waals surface area contributed by atoms with Crippen molar-refractivity contribution in [3.8, 4) is 5.75 Å². The Morgan fingerprint density at radius 1 is 0.974 bits per heavy atom. The van der Waals surface area contributed by atoms with Crippen LogP contribution >= 0.6 is 0 Å². The summed E-state index contributed by atoms with van der Waals surface area (Å²) < 4.78 is 10.6. The lowest BCUT2D eigenvalue weighted by molar-refractivity contribution is -0.147. The Labute approximate surface area is 227 Å². The first-order chi connectivity index (χ1) is 17.6. The van der Waals surface area contributed by atoms with Crippen LogP contribution in [0.15, 0.2) is 42.5 Å². The molecule has 2 unspecified atom stereocenters. The van der Waals surface area contributed by atoms with Gasteiger partial charge in [-0.1, -0.05) is 25.1 Å². The lowest BCUT2D eigenvalue weighted by atomic mass is 9.89. The van der Waals surface area contributed by atoms with Crippen LogP contribution in [0.2, 0.25) is 0 Å². The van der Waals surface area contributed by atoms with Crippen LogP contribution in [-0.4, -0.2) is 47.1 Å². The Kier molecular flexibility index (Phi) is 9.95. The van der Waals surface area contributed by atoms with E-state index in [-0.39, 0.29) is 5.91 Å². The maximum Gasteiger partial charge on any atom is 0.408 e. The molecule has 38 heavy (non-hydrogen) atoms. The molecule has 2 aromatic rings. The van der Waals surface area contributed by atoms with Crippen molar-refractivity contribution in [1.29, 1.82) is 0 Å². The molecule has 0 aliphatic rings. The summed E-state index contributed by atoms with van der Waals surface area (Å²) in [6.45, 7) is 16.6. The van der Waals surface area contributed by atoms with Gasteiger partial charge in [-0.3, -0.25) is 9.59 Å². The molecule has 8 nitrogen and oxygen atoms in total. The summed E-state index contributed by atoms with van der Waals surface area (Å²) in [7, 11) is 1.58. The first kappa shape index (κ1) is 30.7. The molecular formula is C30H43N3O5.